The van der Waals surface area contributed by atoms with Crippen molar-refractivity contribution < 1.29 is 9.53 Å². The maximum atomic E-state index is 12.5. The SMILES string of the molecule is CCC1CCC(C2CC3CCC(C2C(=O)OC)N3C)CC1I. The Morgan fingerprint density at radius 3 is 2.64 bits per heavy atom. The molecular formula is C18H30INO2. The Kier molecular flexibility index (Phi) is 5.38. The first-order valence-electron chi connectivity index (χ1n) is 9.00. The Bertz CT molecular complexity index is 416. The minimum atomic E-state index is 0.0461. The highest BCUT2D eigenvalue weighted by Crippen LogP contribution is 2.49. The van der Waals surface area contributed by atoms with E-state index < -0.39 is 0 Å². The third kappa shape index (κ3) is 2.94. The molecule has 1 aliphatic carbocycles. The lowest BCUT2D eigenvalue weighted by molar-refractivity contribution is -0.154. The third-order valence-electron chi connectivity index (χ3n) is 6.87. The van der Waals surface area contributed by atoms with Crippen molar-refractivity contribution >= 4 is 28.6 Å². The van der Waals surface area contributed by atoms with Gasteiger partial charge >= 0.3 is 5.97 Å². The molecule has 1 saturated carbocycles. The number of rotatable bonds is 3. The summed E-state index contributed by atoms with van der Waals surface area (Å²) in [6.45, 7) is 2.32. The highest BCUT2D eigenvalue weighted by atomic mass is 127. The molecule has 3 rings (SSSR count). The number of nitrogens with zero attached hydrogens (tertiary/aromatic N) is 1. The molecule has 0 aromatic rings. The molecule has 0 spiro atoms. The van der Waals surface area contributed by atoms with Crippen LogP contribution in [0.1, 0.15) is 51.9 Å². The van der Waals surface area contributed by atoms with Crippen LogP contribution in [0, 0.1) is 23.7 Å². The van der Waals surface area contributed by atoms with Crippen LogP contribution in [-0.2, 0) is 9.53 Å². The molecule has 0 radical (unpaired) electrons. The van der Waals surface area contributed by atoms with Crippen molar-refractivity contribution in [3.8, 4) is 0 Å². The number of hydrogen-bond acceptors (Lipinski definition) is 3. The van der Waals surface area contributed by atoms with Gasteiger partial charge in [0.15, 0.2) is 0 Å². The molecule has 7 unspecified atom stereocenters. The average Bonchev–Trinajstić information content (AvgIpc) is 2.76. The maximum Gasteiger partial charge on any atom is 0.310 e. The van der Waals surface area contributed by atoms with Gasteiger partial charge in [0, 0.05) is 16.0 Å². The molecule has 7 atom stereocenters. The second-order valence-corrected chi connectivity index (χ2v) is 9.27. The topological polar surface area (TPSA) is 29.5 Å². The van der Waals surface area contributed by atoms with E-state index in [4.69, 9.17) is 4.74 Å². The molecule has 0 N–H and O–H groups in total. The summed E-state index contributed by atoms with van der Waals surface area (Å²) >= 11 is 2.67. The van der Waals surface area contributed by atoms with Gasteiger partial charge < -0.3 is 4.74 Å². The largest absolute Gasteiger partial charge is 0.469 e. The zero-order chi connectivity index (χ0) is 15.9. The number of carbonyl (C=O) groups excluding carboxylic acids is 1. The molecule has 4 heteroatoms. The number of alkyl halides is 1. The average molecular weight is 419 g/mol. The number of ether oxygens (including phenoxy) is 1. The minimum Gasteiger partial charge on any atom is -0.469 e. The second kappa shape index (κ2) is 6.96. The summed E-state index contributed by atoms with van der Waals surface area (Å²) in [5, 5.41) is 0. The fraction of sp³-hybridized carbons (Fsp3) is 0.944. The summed E-state index contributed by atoms with van der Waals surface area (Å²) in [4.78, 5) is 15.0. The number of carbonyl (C=O) groups is 1. The first-order valence-corrected chi connectivity index (χ1v) is 10.2. The minimum absolute atomic E-state index is 0.0461. The molecule has 126 valence electrons. The second-order valence-electron chi connectivity index (χ2n) is 7.67. The fourth-order valence-corrected chi connectivity index (χ4v) is 7.04. The van der Waals surface area contributed by atoms with Crippen LogP contribution in [0.4, 0.5) is 0 Å². The number of methoxy groups -OCH3 is 1. The van der Waals surface area contributed by atoms with Crippen molar-refractivity contribution in [2.75, 3.05) is 14.2 Å². The van der Waals surface area contributed by atoms with Crippen LogP contribution in [0.15, 0.2) is 0 Å². The summed E-state index contributed by atoms with van der Waals surface area (Å²) in [5.74, 6) is 2.32. The van der Waals surface area contributed by atoms with Gasteiger partial charge in [0.2, 0.25) is 0 Å². The lowest BCUT2D eigenvalue weighted by Gasteiger charge is -2.47. The number of hydrogen-bond donors (Lipinski definition) is 0. The van der Waals surface area contributed by atoms with E-state index >= 15 is 0 Å². The van der Waals surface area contributed by atoms with E-state index in [2.05, 4.69) is 41.5 Å². The molecule has 3 nitrogen and oxygen atoms in total. The molecule has 0 aromatic heterocycles. The van der Waals surface area contributed by atoms with Gasteiger partial charge in [-0.2, -0.15) is 0 Å². The predicted octanol–water partition coefficient (Wildman–Crippen LogP) is 3.89. The van der Waals surface area contributed by atoms with Crippen LogP contribution >= 0.6 is 22.6 Å². The van der Waals surface area contributed by atoms with Gasteiger partial charge in [0.05, 0.1) is 13.0 Å². The van der Waals surface area contributed by atoms with Gasteiger partial charge in [-0.05, 0) is 63.3 Å². The summed E-state index contributed by atoms with van der Waals surface area (Å²) in [6.07, 6.45) is 8.93. The van der Waals surface area contributed by atoms with Crippen LogP contribution in [0.25, 0.3) is 0 Å². The Labute approximate surface area is 148 Å². The highest BCUT2D eigenvalue weighted by Gasteiger charge is 2.51. The lowest BCUT2D eigenvalue weighted by Crippen LogP contribution is -2.52. The van der Waals surface area contributed by atoms with Crippen molar-refractivity contribution in [1.82, 2.24) is 4.90 Å². The van der Waals surface area contributed by atoms with Crippen LogP contribution < -0.4 is 0 Å². The van der Waals surface area contributed by atoms with Crippen LogP contribution in [-0.4, -0.2) is 41.0 Å². The molecule has 2 bridgehead atoms. The molecule has 0 aromatic carbocycles. The van der Waals surface area contributed by atoms with Crippen molar-refractivity contribution in [3.63, 3.8) is 0 Å². The quantitative estimate of drug-likeness (QED) is 0.395. The third-order valence-corrected chi connectivity index (χ3v) is 8.39. The van der Waals surface area contributed by atoms with E-state index in [1.807, 2.05) is 0 Å². The predicted molar refractivity (Wildman–Crippen MR) is 97.1 cm³/mol. The molecule has 0 amide bonds. The van der Waals surface area contributed by atoms with Crippen molar-refractivity contribution in [2.24, 2.45) is 23.7 Å². The number of piperidine rings is 1. The zero-order valence-corrected chi connectivity index (χ0v) is 16.3. The smallest absolute Gasteiger partial charge is 0.310 e. The van der Waals surface area contributed by atoms with E-state index in [1.165, 1.54) is 44.9 Å². The van der Waals surface area contributed by atoms with E-state index in [0.717, 1.165) is 15.8 Å². The molecule has 2 saturated heterocycles. The van der Waals surface area contributed by atoms with Crippen molar-refractivity contribution in [1.29, 1.82) is 0 Å². The fourth-order valence-electron chi connectivity index (χ4n) is 5.52. The maximum absolute atomic E-state index is 12.5. The van der Waals surface area contributed by atoms with Gasteiger partial charge in [-0.3, -0.25) is 9.69 Å². The summed E-state index contributed by atoms with van der Waals surface area (Å²) in [6, 6.07) is 1.13. The number of fused-ring (bicyclic) bond motifs is 2. The molecule has 3 aliphatic rings. The van der Waals surface area contributed by atoms with Gasteiger partial charge in [-0.15, -0.1) is 0 Å². The number of halogens is 1. The standard InChI is InChI=1S/C18H30INO2/c1-4-11-5-6-12(9-15(11)19)14-10-13-7-8-16(20(13)2)17(14)18(21)22-3/h11-17H,4-10H2,1-3H3. The Hall–Kier alpha value is 0.160. The molecule has 2 aliphatic heterocycles. The monoisotopic (exact) mass is 419 g/mol. The van der Waals surface area contributed by atoms with E-state index in [-0.39, 0.29) is 11.9 Å². The lowest BCUT2D eigenvalue weighted by atomic mass is 9.66. The molecular weight excluding hydrogens is 389 g/mol. The van der Waals surface area contributed by atoms with Crippen LogP contribution in [0.5, 0.6) is 0 Å². The van der Waals surface area contributed by atoms with E-state index in [1.54, 1.807) is 7.11 Å². The van der Waals surface area contributed by atoms with E-state index in [9.17, 15) is 4.79 Å². The summed E-state index contributed by atoms with van der Waals surface area (Å²) in [7, 11) is 3.78. The summed E-state index contributed by atoms with van der Waals surface area (Å²) in [5.41, 5.74) is 0. The molecule has 3 fully saturated rings. The van der Waals surface area contributed by atoms with Gasteiger partial charge in [-0.25, -0.2) is 0 Å². The molecule has 2 heterocycles. The van der Waals surface area contributed by atoms with Crippen LogP contribution in [0.3, 0.4) is 0 Å². The Morgan fingerprint density at radius 2 is 2.00 bits per heavy atom. The summed E-state index contributed by atoms with van der Waals surface area (Å²) < 4.78 is 6.00. The van der Waals surface area contributed by atoms with Crippen LogP contribution in [0.2, 0.25) is 0 Å². The number of esters is 1. The highest BCUT2D eigenvalue weighted by molar-refractivity contribution is 14.1. The first kappa shape index (κ1) is 17.0. The van der Waals surface area contributed by atoms with Crippen molar-refractivity contribution in [2.45, 2.75) is 67.9 Å². The normalized spacial score (nSPS) is 45.7. The Morgan fingerprint density at radius 1 is 1.23 bits per heavy atom. The van der Waals surface area contributed by atoms with Gasteiger partial charge in [-0.1, -0.05) is 35.9 Å². The first-order chi connectivity index (χ1) is 10.6. The molecule has 22 heavy (non-hydrogen) atoms. The Balaban J connectivity index is 1.78. The van der Waals surface area contributed by atoms with E-state index in [0.29, 0.717) is 18.0 Å². The van der Waals surface area contributed by atoms with Gasteiger partial charge in [0.1, 0.15) is 0 Å². The van der Waals surface area contributed by atoms with Crippen molar-refractivity contribution in [3.05, 3.63) is 0 Å². The zero-order valence-electron chi connectivity index (χ0n) is 14.1. The van der Waals surface area contributed by atoms with Gasteiger partial charge in [0.25, 0.3) is 0 Å².